The predicted octanol–water partition coefficient (Wildman–Crippen LogP) is 1.18. The number of piperazine rings is 1. The number of rotatable bonds is 3. The molecule has 2 atom stereocenters. The molecule has 1 N–H and O–H groups in total. The van der Waals surface area contributed by atoms with E-state index in [-0.39, 0.29) is 18.1 Å². The van der Waals surface area contributed by atoms with Gasteiger partial charge in [0.15, 0.2) is 0 Å². The van der Waals surface area contributed by atoms with E-state index in [4.69, 9.17) is 4.74 Å². The Morgan fingerprint density at radius 1 is 1.48 bits per heavy atom. The van der Waals surface area contributed by atoms with Crippen LogP contribution in [0, 0.1) is 0 Å². The van der Waals surface area contributed by atoms with Crippen molar-refractivity contribution in [2.45, 2.75) is 38.3 Å². The first-order valence-corrected chi connectivity index (χ1v) is 7.93. The second-order valence-corrected chi connectivity index (χ2v) is 5.76. The fourth-order valence-corrected chi connectivity index (χ4v) is 3.26. The molecule has 0 bridgehead atoms. The molecule has 1 aromatic rings. The number of aromatic nitrogens is 2. The third-order valence-electron chi connectivity index (χ3n) is 4.50. The highest BCUT2D eigenvalue weighted by Crippen LogP contribution is 2.24. The monoisotopic (exact) mass is 292 g/mol. The maximum Gasteiger partial charge on any atom is 0.251 e. The number of ether oxygens (including phenoxy) is 1. The molecule has 1 aromatic heterocycles. The molecule has 6 heteroatoms. The molecule has 0 aliphatic carbocycles. The summed E-state index contributed by atoms with van der Waals surface area (Å²) in [6.07, 6.45) is 6.40. The van der Waals surface area contributed by atoms with Gasteiger partial charge in [0.05, 0.1) is 6.04 Å². The Morgan fingerprint density at radius 2 is 2.38 bits per heavy atom. The average Bonchev–Trinajstić information content (AvgIpc) is 3.08. The van der Waals surface area contributed by atoms with Crippen molar-refractivity contribution in [3.63, 3.8) is 0 Å². The van der Waals surface area contributed by atoms with E-state index >= 15 is 0 Å². The summed E-state index contributed by atoms with van der Waals surface area (Å²) in [5.41, 5.74) is 0. The van der Waals surface area contributed by atoms with Gasteiger partial charge in [-0.1, -0.05) is 6.92 Å². The number of imidazole rings is 1. The van der Waals surface area contributed by atoms with Crippen molar-refractivity contribution in [3.05, 3.63) is 18.2 Å². The fraction of sp³-hybridized carbons (Fsp3) is 0.733. The third-order valence-corrected chi connectivity index (χ3v) is 4.50. The zero-order chi connectivity index (χ0) is 14.7. The van der Waals surface area contributed by atoms with Crippen molar-refractivity contribution in [1.29, 1.82) is 0 Å². The van der Waals surface area contributed by atoms with E-state index in [0.717, 1.165) is 44.7 Å². The smallest absolute Gasteiger partial charge is 0.251 e. The van der Waals surface area contributed by atoms with E-state index in [9.17, 15) is 4.79 Å². The van der Waals surface area contributed by atoms with Crippen molar-refractivity contribution in [2.75, 3.05) is 32.8 Å². The third kappa shape index (κ3) is 3.11. The zero-order valence-electron chi connectivity index (χ0n) is 12.6. The van der Waals surface area contributed by atoms with Crippen LogP contribution < -0.4 is 0 Å². The molecule has 0 radical (unpaired) electrons. The molecule has 0 aromatic carbocycles. The first-order valence-electron chi connectivity index (χ1n) is 7.93. The lowest BCUT2D eigenvalue weighted by molar-refractivity contribution is -0.149. The summed E-state index contributed by atoms with van der Waals surface area (Å²) in [6.45, 7) is 6.20. The van der Waals surface area contributed by atoms with Gasteiger partial charge in [0.1, 0.15) is 11.9 Å². The normalized spacial score (nSPS) is 27.8. The predicted molar refractivity (Wildman–Crippen MR) is 78.7 cm³/mol. The minimum absolute atomic E-state index is 0.155. The Morgan fingerprint density at radius 3 is 3.05 bits per heavy atom. The summed E-state index contributed by atoms with van der Waals surface area (Å²) in [5, 5.41) is 0. The second kappa shape index (κ2) is 6.58. The first kappa shape index (κ1) is 14.5. The van der Waals surface area contributed by atoms with Crippen LogP contribution in [0.3, 0.4) is 0 Å². The number of hydrogen-bond donors (Lipinski definition) is 1. The fourth-order valence-electron chi connectivity index (χ4n) is 3.26. The van der Waals surface area contributed by atoms with Crippen LogP contribution in [0.4, 0.5) is 0 Å². The minimum Gasteiger partial charge on any atom is -0.368 e. The number of nitrogens with one attached hydrogen (secondary N) is 1. The number of carbonyl (C=O) groups is 1. The molecule has 0 saturated carbocycles. The lowest BCUT2D eigenvalue weighted by Crippen LogP contribution is -2.53. The van der Waals surface area contributed by atoms with Gasteiger partial charge in [0.2, 0.25) is 0 Å². The molecule has 21 heavy (non-hydrogen) atoms. The van der Waals surface area contributed by atoms with Crippen LogP contribution in [0.5, 0.6) is 0 Å². The van der Waals surface area contributed by atoms with E-state index in [1.807, 2.05) is 11.1 Å². The van der Waals surface area contributed by atoms with Crippen LogP contribution in [0.1, 0.15) is 38.1 Å². The average molecular weight is 292 g/mol. The number of carbonyl (C=O) groups excluding carboxylic acids is 1. The molecule has 116 valence electrons. The Balaban J connectivity index is 1.68. The summed E-state index contributed by atoms with van der Waals surface area (Å²) in [4.78, 5) is 24.5. The topological polar surface area (TPSA) is 61.5 Å². The summed E-state index contributed by atoms with van der Waals surface area (Å²) >= 11 is 0. The summed E-state index contributed by atoms with van der Waals surface area (Å²) < 4.78 is 5.64. The van der Waals surface area contributed by atoms with E-state index in [2.05, 4.69) is 21.8 Å². The highest BCUT2D eigenvalue weighted by molar-refractivity contribution is 5.81. The van der Waals surface area contributed by atoms with Crippen molar-refractivity contribution in [1.82, 2.24) is 19.8 Å². The van der Waals surface area contributed by atoms with E-state index in [1.165, 1.54) is 0 Å². The summed E-state index contributed by atoms with van der Waals surface area (Å²) in [5.74, 6) is 1.10. The quantitative estimate of drug-likeness (QED) is 0.909. The Bertz CT molecular complexity index is 456. The molecule has 2 fully saturated rings. The maximum atomic E-state index is 12.6. The second-order valence-electron chi connectivity index (χ2n) is 5.76. The van der Waals surface area contributed by atoms with Gasteiger partial charge < -0.3 is 14.6 Å². The lowest BCUT2D eigenvalue weighted by Gasteiger charge is -2.41. The SMILES string of the molecule is CCN1CCN(C(=O)[C@H]2CCCCO2)C[C@H]1c1ncc[nH]1. The van der Waals surface area contributed by atoms with Gasteiger partial charge in [-0.15, -0.1) is 0 Å². The van der Waals surface area contributed by atoms with Crippen LogP contribution in [0.25, 0.3) is 0 Å². The number of hydrogen-bond acceptors (Lipinski definition) is 4. The van der Waals surface area contributed by atoms with Gasteiger partial charge in [-0.05, 0) is 25.8 Å². The van der Waals surface area contributed by atoms with Crippen molar-refractivity contribution in [2.24, 2.45) is 0 Å². The maximum absolute atomic E-state index is 12.6. The number of aromatic amines is 1. The zero-order valence-corrected chi connectivity index (χ0v) is 12.6. The Labute approximate surface area is 125 Å². The van der Waals surface area contributed by atoms with Gasteiger partial charge >= 0.3 is 0 Å². The van der Waals surface area contributed by atoms with Gasteiger partial charge in [-0.25, -0.2) is 4.98 Å². The van der Waals surface area contributed by atoms with E-state index in [0.29, 0.717) is 13.2 Å². The number of H-pyrrole nitrogens is 1. The van der Waals surface area contributed by atoms with Crippen LogP contribution in [-0.2, 0) is 9.53 Å². The lowest BCUT2D eigenvalue weighted by atomic mass is 10.1. The molecule has 2 saturated heterocycles. The Kier molecular flexibility index (Phi) is 4.55. The van der Waals surface area contributed by atoms with Crippen molar-refractivity contribution < 1.29 is 9.53 Å². The number of nitrogens with zero attached hydrogens (tertiary/aromatic N) is 3. The standard InChI is InChI=1S/C15H24N4O2/c1-2-18-8-9-19(11-12(18)14-16-6-7-17-14)15(20)13-5-3-4-10-21-13/h6-7,12-13H,2-5,8-11H2,1H3,(H,16,17)/t12-,13+/m0/s1. The van der Waals surface area contributed by atoms with Gasteiger partial charge in [-0.3, -0.25) is 9.69 Å². The summed E-state index contributed by atoms with van der Waals surface area (Å²) in [7, 11) is 0. The molecule has 6 nitrogen and oxygen atoms in total. The van der Waals surface area contributed by atoms with E-state index < -0.39 is 0 Å². The van der Waals surface area contributed by atoms with E-state index in [1.54, 1.807) is 6.20 Å². The first-order chi connectivity index (χ1) is 10.3. The summed E-state index contributed by atoms with van der Waals surface area (Å²) in [6, 6.07) is 0.159. The van der Waals surface area contributed by atoms with Gasteiger partial charge in [-0.2, -0.15) is 0 Å². The van der Waals surface area contributed by atoms with Crippen molar-refractivity contribution in [3.8, 4) is 0 Å². The molecule has 3 rings (SSSR count). The number of amides is 1. The molecular formula is C15H24N4O2. The molecule has 0 spiro atoms. The molecule has 3 heterocycles. The Hall–Kier alpha value is -1.40. The van der Waals surface area contributed by atoms with Crippen molar-refractivity contribution >= 4 is 5.91 Å². The van der Waals surface area contributed by atoms with Crippen LogP contribution in [0.2, 0.25) is 0 Å². The van der Waals surface area contributed by atoms with Gasteiger partial charge in [0.25, 0.3) is 5.91 Å². The molecule has 2 aliphatic rings. The van der Waals surface area contributed by atoms with Crippen LogP contribution in [-0.4, -0.2) is 64.6 Å². The molecule has 2 aliphatic heterocycles. The van der Waals surface area contributed by atoms with Gasteiger partial charge in [0, 0.05) is 38.6 Å². The highest BCUT2D eigenvalue weighted by Gasteiger charge is 2.34. The largest absolute Gasteiger partial charge is 0.368 e. The van der Waals surface area contributed by atoms with Crippen LogP contribution in [0.15, 0.2) is 12.4 Å². The highest BCUT2D eigenvalue weighted by atomic mass is 16.5. The molecular weight excluding hydrogens is 268 g/mol. The van der Waals surface area contributed by atoms with Crippen LogP contribution >= 0.6 is 0 Å². The molecule has 0 unspecified atom stereocenters. The molecule has 1 amide bonds. The number of likely N-dealkylation sites (N-methyl/N-ethyl adjacent to an activating group) is 1. The minimum atomic E-state index is -0.232.